The van der Waals surface area contributed by atoms with Crippen LogP contribution in [0, 0.1) is 6.92 Å². The lowest BCUT2D eigenvalue weighted by atomic mass is 10.2. The lowest BCUT2D eigenvalue weighted by Gasteiger charge is -2.13. The van der Waals surface area contributed by atoms with Gasteiger partial charge in [0.1, 0.15) is 5.76 Å². The Morgan fingerprint density at radius 1 is 1.37 bits per heavy atom. The van der Waals surface area contributed by atoms with Crippen molar-refractivity contribution in [1.29, 1.82) is 0 Å². The fourth-order valence-corrected chi connectivity index (χ4v) is 3.57. The maximum Gasteiger partial charge on any atom is 0.162 e. The largest absolute Gasteiger partial charge is 0.361 e. The van der Waals surface area contributed by atoms with Crippen molar-refractivity contribution in [2.45, 2.75) is 24.9 Å². The Bertz CT molecular complexity index is 679. The van der Waals surface area contributed by atoms with Gasteiger partial charge in [-0.15, -0.1) is 0 Å². The van der Waals surface area contributed by atoms with Crippen molar-refractivity contribution in [3.63, 3.8) is 0 Å². The van der Waals surface area contributed by atoms with E-state index in [0.29, 0.717) is 22.0 Å². The molecule has 0 fully saturated rings. The molecule has 19 heavy (non-hydrogen) atoms. The number of rotatable bonds is 4. The third kappa shape index (κ3) is 3.16. The molecule has 1 aromatic heterocycles. The maximum atomic E-state index is 12.3. The van der Waals surface area contributed by atoms with Gasteiger partial charge < -0.3 is 4.52 Å². The third-order valence-electron chi connectivity index (χ3n) is 2.91. The molecule has 0 aliphatic carbocycles. The number of aromatic nitrogens is 1. The van der Waals surface area contributed by atoms with Crippen LogP contribution in [0.1, 0.15) is 29.2 Å². The van der Waals surface area contributed by atoms with Gasteiger partial charge in [-0.25, -0.2) is 8.42 Å². The highest BCUT2D eigenvalue weighted by Gasteiger charge is 2.25. The molecule has 0 aliphatic rings. The van der Waals surface area contributed by atoms with Crippen LogP contribution < -0.4 is 0 Å². The Morgan fingerprint density at radius 3 is 2.63 bits per heavy atom. The summed E-state index contributed by atoms with van der Waals surface area (Å²) in [6.45, 7) is 3.35. The standard InChI is InChI=1S/C13H14ClNO3S/c1-9-7-11(15-18-9)8-19(16,17)10(2)12-5-3-4-6-13(12)14/h3-7,10H,8H2,1-2H3. The summed E-state index contributed by atoms with van der Waals surface area (Å²) in [7, 11) is -3.38. The summed E-state index contributed by atoms with van der Waals surface area (Å²) in [5.41, 5.74) is 1.01. The van der Waals surface area contributed by atoms with E-state index in [1.807, 2.05) is 0 Å². The van der Waals surface area contributed by atoms with Crippen LogP contribution in [0.2, 0.25) is 5.02 Å². The van der Waals surface area contributed by atoms with Crippen molar-refractivity contribution in [3.8, 4) is 0 Å². The van der Waals surface area contributed by atoms with E-state index in [1.54, 1.807) is 44.2 Å². The minimum atomic E-state index is -3.38. The van der Waals surface area contributed by atoms with E-state index in [0.717, 1.165) is 0 Å². The number of hydrogen-bond acceptors (Lipinski definition) is 4. The predicted octanol–water partition coefficient (Wildman–Crippen LogP) is 3.31. The van der Waals surface area contributed by atoms with Crippen molar-refractivity contribution in [1.82, 2.24) is 5.16 Å². The van der Waals surface area contributed by atoms with Crippen LogP contribution in [0.4, 0.5) is 0 Å². The fourth-order valence-electron chi connectivity index (χ4n) is 1.82. The number of nitrogens with zero attached hydrogens (tertiary/aromatic N) is 1. The van der Waals surface area contributed by atoms with E-state index in [4.69, 9.17) is 16.1 Å². The summed E-state index contributed by atoms with van der Waals surface area (Å²) in [6.07, 6.45) is 0. The second-order valence-corrected chi connectivity index (χ2v) is 7.13. The van der Waals surface area contributed by atoms with Crippen LogP contribution in [0.5, 0.6) is 0 Å². The second-order valence-electron chi connectivity index (χ2n) is 4.40. The first-order chi connectivity index (χ1) is 8.90. The topological polar surface area (TPSA) is 60.2 Å². The molecule has 0 aliphatic heterocycles. The summed E-state index contributed by atoms with van der Waals surface area (Å²) in [5.74, 6) is 0.437. The van der Waals surface area contributed by atoms with E-state index in [1.165, 1.54) is 0 Å². The molecule has 0 bridgehead atoms. The normalized spacial score (nSPS) is 13.4. The first-order valence-corrected chi connectivity index (χ1v) is 7.87. The summed E-state index contributed by atoms with van der Waals surface area (Å²) in [6, 6.07) is 8.57. The van der Waals surface area contributed by atoms with E-state index in [2.05, 4.69) is 5.16 Å². The van der Waals surface area contributed by atoms with Crippen LogP contribution in [0.25, 0.3) is 0 Å². The summed E-state index contributed by atoms with van der Waals surface area (Å²) in [5, 5.41) is 3.48. The molecule has 0 N–H and O–H groups in total. The summed E-state index contributed by atoms with van der Waals surface area (Å²) < 4.78 is 29.5. The first kappa shape index (κ1) is 14.1. The smallest absolute Gasteiger partial charge is 0.162 e. The number of sulfone groups is 1. The molecule has 0 amide bonds. The van der Waals surface area contributed by atoms with Gasteiger partial charge in [-0.2, -0.15) is 0 Å². The van der Waals surface area contributed by atoms with Crippen LogP contribution in [-0.4, -0.2) is 13.6 Å². The zero-order valence-electron chi connectivity index (χ0n) is 10.6. The third-order valence-corrected chi connectivity index (χ3v) is 5.28. The molecular formula is C13H14ClNO3S. The highest BCUT2D eigenvalue weighted by molar-refractivity contribution is 7.90. The Balaban J connectivity index is 2.27. The Kier molecular flexibility index (Phi) is 3.96. The SMILES string of the molecule is Cc1cc(CS(=O)(=O)C(C)c2ccccc2Cl)no1. The monoisotopic (exact) mass is 299 g/mol. The Hall–Kier alpha value is -1.33. The molecule has 0 radical (unpaired) electrons. The van der Waals surface area contributed by atoms with Crippen LogP contribution in [-0.2, 0) is 15.6 Å². The summed E-state index contributed by atoms with van der Waals surface area (Å²) in [4.78, 5) is 0. The van der Waals surface area contributed by atoms with Crippen LogP contribution in [0.3, 0.4) is 0 Å². The first-order valence-electron chi connectivity index (χ1n) is 5.78. The molecule has 1 aromatic carbocycles. The highest BCUT2D eigenvalue weighted by Crippen LogP contribution is 2.30. The lowest BCUT2D eigenvalue weighted by Crippen LogP contribution is -2.13. The van der Waals surface area contributed by atoms with Crippen molar-refractivity contribution >= 4 is 21.4 Å². The van der Waals surface area contributed by atoms with Gasteiger partial charge in [0, 0.05) is 11.1 Å². The molecule has 4 nitrogen and oxygen atoms in total. The van der Waals surface area contributed by atoms with Gasteiger partial charge in [-0.3, -0.25) is 0 Å². The minimum absolute atomic E-state index is 0.156. The van der Waals surface area contributed by atoms with Crippen LogP contribution >= 0.6 is 11.6 Å². The Labute approximate surface area is 117 Å². The maximum absolute atomic E-state index is 12.3. The highest BCUT2D eigenvalue weighted by atomic mass is 35.5. The average molecular weight is 300 g/mol. The van der Waals surface area contributed by atoms with Gasteiger partial charge in [-0.1, -0.05) is 35.0 Å². The molecule has 6 heteroatoms. The number of halogens is 1. The molecule has 1 atom stereocenters. The molecule has 1 unspecified atom stereocenters. The van der Waals surface area contributed by atoms with Gasteiger partial charge in [0.15, 0.2) is 9.84 Å². The molecule has 2 aromatic rings. The van der Waals surface area contributed by atoms with Gasteiger partial charge in [-0.05, 0) is 25.5 Å². The quantitative estimate of drug-likeness (QED) is 0.869. The van der Waals surface area contributed by atoms with E-state index in [-0.39, 0.29) is 5.75 Å². The van der Waals surface area contributed by atoms with E-state index >= 15 is 0 Å². The zero-order valence-corrected chi connectivity index (χ0v) is 12.2. The van der Waals surface area contributed by atoms with Crippen molar-refractivity contribution in [2.75, 3.05) is 0 Å². The second kappa shape index (κ2) is 5.35. The van der Waals surface area contributed by atoms with Crippen molar-refractivity contribution in [2.24, 2.45) is 0 Å². The predicted molar refractivity (Wildman–Crippen MR) is 73.7 cm³/mol. The molecule has 2 rings (SSSR count). The number of aryl methyl sites for hydroxylation is 1. The van der Waals surface area contributed by atoms with Crippen molar-refractivity contribution < 1.29 is 12.9 Å². The van der Waals surface area contributed by atoms with Crippen LogP contribution in [0.15, 0.2) is 34.9 Å². The van der Waals surface area contributed by atoms with Gasteiger partial charge in [0.25, 0.3) is 0 Å². The molecular weight excluding hydrogens is 286 g/mol. The Morgan fingerprint density at radius 2 is 2.05 bits per heavy atom. The summed E-state index contributed by atoms with van der Waals surface area (Å²) >= 11 is 6.03. The van der Waals surface area contributed by atoms with Gasteiger partial charge in [0.05, 0.1) is 16.7 Å². The molecule has 0 spiro atoms. The van der Waals surface area contributed by atoms with E-state index in [9.17, 15) is 8.42 Å². The fraction of sp³-hybridized carbons (Fsp3) is 0.308. The van der Waals surface area contributed by atoms with E-state index < -0.39 is 15.1 Å². The number of hydrogen-bond donors (Lipinski definition) is 0. The average Bonchev–Trinajstić information content (AvgIpc) is 2.73. The van der Waals surface area contributed by atoms with Gasteiger partial charge >= 0.3 is 0 Å². The molecule has 102 valence electrons. The number of benzene rings is 1. The van der Waals surface area contributed by atoms with Gasteiger partial charge in [0.2, 0.25) is 0 Å². The molecule has 1 heterocycles. The minimum Gasteiger partial charge on any atom is -0.361 e. The molecule has 0 saturated heterocycles. The zero-order chi connectivity index (χ0) is 14.0. The van der Waals surface area contributed by atoms with Crippen molar-refractivity contribution in [3.05, 3.63) is 52.4 Å². The molecule has 0 saturated carbocycles. The lowest BCUT2D eigenvalue weighted by molar-refractivity contribution is 0.392.